The minimum absolute atomic E-state index is 0.123. The van der Waals surface area contributed by atoms with Crippen molar-refractivity contribution in [3.63, 3.8) is 0 Å². The van der Waals surface area contributed by atoms with Crippen LogP contribution in [0.15, 0.2) is 53.9 Å². The molecule has 0 bridgehead atoms. The number of nitrogens with zero attached hydrogens (tertiary/aromatic N) is 1. The van der Waals surface area contributed by atoms with Gasteiger partial charge in [-0.05, 0) is 71.7 Å². The van der Waals surface area contributed by atoms with Gasteiger partial charge in [0, 0.05) is 22.7 Å². The molecule has 1 aliphatic heterocycles. The molecule has 146 valence electrons. The summed E-state index contributed by atoms with van der Waals surface area (Å²) in [4.78, 5) is 28.2. The number of nitrogens with two attached hydrogens (primary N) is 1. The van der Waals surface area contributed by atoms with Crippen LogP contribution in [0.1, 0.15) is 28.8 Å². The van der Waals surface area contributed by atoms with Gasteiger partial charge in [-0.3, -0.25) is 9.59 Å². The summed E-state index contributed by atoms with van der Waals surface area (Å²) in [7, 11) is 0. The third-order valence-corrected chi connectivity index (χ3v) is 6.44. The van der Waals surface area contributed by atoms with Crippen LogP contribution in [0.2, 0.25) is 0 Å². The number of fused-ring (bicyclic) bond motifs is 1. The molecular formula is C23H21N3O2S. The lowest BCUT2D eigenvalue weighted by molar-refractivity contribution is -0.117. The second-order valence-electron chi connectivity index (χ2n) is 7.70. The molecule has 2 aromatic carbocycles. The Labute approximate surface area is 173 Å². The maximum absolute atomic E-state index is 12.9. The first kappa shape index (κ1) is 17.9. The predicted molar refractivity (Wildman–Crippen MR) is 117 cm³/mol. The first-order valence-corrected chi connectivity index (χ1v) is 10.6. The van der Waals surface area contributed by atoms with E-state index in [1.165, 1.54) is 12.8 Å². The molecule has 5 nitrogen and oxygen atoms in total. The average Bonchev–Trinajstić information content (AvgIpc) is 3.25. The number of thiophene rings is 1. The van der Waals surface area contributed by atoms with Crippen LogP contribution in [-0.2, 0) is 11.2 Å². The fourth-order valence-corrected chi connectivity index (χ4v) is 4.46. The van der Waals surface area contributed by atoms with E-state index in [0.29, 0.717) is 29.3 Å². The first-order valence-electron chi connectivity index (χ1n) is 9.76. The molecule has 1 aliphatic carbocycles. The number of benzene rings is 2. The van der Waals surface area contributed by atoms with Crippen LogP contribution in [0.5, 0.6) is 0 Å². The van der Waals surface area contributed by atoms with Crippen LogP contribution in [0, 0.1) is 5.92 Å². The Hall–Kier alpha value is -3.12. The molecule has 3 aromatic rings. The zero-order valence-electron chi connectivity index (χ0n) is 15.9. The molecule has 2 amide bonds. The summed E-state index contributed by atoms with van der Waals surface area (Å²) < 4.78 is 0. The lowest BCUT2D eigenvalue weighted by Gasteiger charge is -2.17. The summed E-state index contributed by atoms with van der Waals surface area (Å²) in [5.41, 5.74) is 10.6. The number of carbonyl (C=O) groups excluding carboxylic acids is 2. The van der Waals surface area contributed by atoms with Crippen molar-refractivity contribution in [2.24, 2.45) is 5.92 Å². The zero-order chi connectivity index (χ0) is 20.0. The lowest BCUT2D eigenvalue weighted by Crippen LogP contribution is -2.28. The minimum atomic E-state index is -0.226. The van der Waals surface area contributed by atoms with Crippen LogP contribution in [0.3, 0.4) is 0 Å². The predicted octanol–water partition coefficient (Wildman–Crippen LogP) is 4.55. The zero-order valence-corrected chi connectivity index (χ0v) is 16.7. The largest absolute Gasteiger partial charge is 0.397 e. The van der Waals surface area contributed by atoms with E-state index >= 15 is 0 Å². The number of rotatable bonds is 5. The highest BCUT2D eigenvalue weighted by atomic mass is 32.1. The van der Waals surface area contributed by atoms with E-state index in [-0.39, 0.29) is 11.8 Å². The molecule has 0 saturated heterocycles. The molecule has 0 unspecified atom stereocenters. The topological polar surface area (TPSA) is 75.4 Å². The van der Waals surface area contributed by atoms with Crippen molar-refractivity contribution in [2.75, 3.05) is 22.5 Å². The molecule has 5 rings (SSSR count). The molecular weight excluding hydrogens is 382 g/mol. The van der Waals surface area contributed by atoms with Gasteiger partial charge in [0.1, 0.15) is 0 Å². The third kappa shape index (κ3) is 3.51. The van der Waals surface area contributed by atoms with Crippen molar-refractivity contribution in [3.05, 3.63) is 65.0 Å². The van der Waals surface area contributed by atoms with E-state index in [4.69, 9.17) is 5.73 Å². The van der Waals surface area contributed by atoms with Crippen LogP contribution >= 0.6 is 11.3 Å². The molecule has 29 heavy (non-hydrogen) atoms. The molecule has 0 radical (unpaired) electrons. The van der Waals surface area contributed by atoms with Crippen LogP contribution in [-0.4, -0.2) is 18.4 Å². The number of hydrogen-bond acceptors (Lipinski definition) is 4. The number of nitrogens with one attached hydrogen (secondary N) is 1. The maximum atomic E-state index is 12.9. The van der Waals surface area contributed by atoms with E-state index in [2.05, 4.69) is 5.32 Å². The first-order chi connectivity index (χ1) is 14.1. The van der Waals surface area contributed by atoms with E-state index in [1.54, 1.807) is 17.4 Å². The molecule has 6 heteroatoms. The molecule has 3 N–H and O–H groups in total. The molecule has 0 spiro atoms. The monoisotopic (exact) mass is 403 g/mol. The Morgan fingerprint density at radius 3 is 2.79 bits per heavy atom. The van der Waals surface area contributed by atoms with Gasteiger partial charge in [0.25, 0.3) is 5.91 Å². The molecule has 2 aliphatic rings. The fraction of sp³-hybridized carbons (Fsp3) is 0.217. The Kier molecular flexibility index (Phi) is 4.36. The third-order valence-electron chi connectivity index (χ3n) is 5.52. The van der Waals surface area contributed by atoms with Crippen molar-refractivity contribution in [1.29, 1.82) is 0 Å². The van der Waals surface area contributed by atoms with E-state index in [1.807, 2.05) is 52.7 Å². The average molecular weight is 404 g/mol. The molecule has 1 aromatic heterocycles. The second kappa shape index (κ2) is 7.04. The highest BCUT2D eigenvalue weighted by Gasteiger charge is 2.33. The second-order valence-corrected chi connectivity index (χ2v) is 8.65. The summed E-state index contributed by atoms with van der Waals surface area (Å²) in [5, 5.41) is 4.94. The SMILES string of the molecule is Nc1ccc(-c2cccs2)cc1NC(=O)c1ccc2c(c1)CC(=O)N2CC1CC1. The van der Waals surface area contributed by atoms with Gasteiger partial charge in [-0.1, -0.05) is 12.1 Å². The number of hydrogen-bond donors (Lipinski definition) is 2. The van der Waals surface area contributed by atoms with Gasteiger partial charge in [-0.2, -0.15) is 0 Å². The van der Waals surface area contributed by atoms with Gasteiger partial charge in [-0.15, -0.1) is 11.3 Å². The minimum Gasteiger partial charge on any atom is -0.397 e. The van der Waals surface area contributed by atoms with Gasteiger partial charge < -0.3 is 16.0 Å². The smallest absolute Gasteiger partial charge is 0.255 e. The molecule has 1 saturated carbocycles. The van der Waals surface area contributed by atoms with Gasteiger partial charge in [0.05, 0.1) is 17.8 Å². The highest BCUT2D eigenvalue weighted by molar-refractivity contribution is 7.13. The Bertz CT molecular complexity index is 1100. The van der Waals surface area contributed by atoms with Crippen molar-refractivity contribution < 1.29 is 9.59 Å². The normalized spacial score (nSPS) is 15.4. The van der Waals surface area contributed by atoms with Crippen LogP contribution < -0.4 is 16.0 Å². The van der Waals surface area contributed by atoms with Gasteiger partial charge in [0.2, 0.25) is 5.91 Å². The Morgan fingerprint density at radius 1 is 1.17 bits per heavy atom. The fourth-order valence-electron chi connectivity index (χ4n) is 3.74. The van der Waals surface area contributed by atoms with Crippen LogP contribution in [0.4, 0.5) is 17.1 Å². The summed E-state index contributed by atoms with van der Waals surface area (Å²) in [6.45, 7) is 0.795. The van der Waals surface area contributed by atoms with E-state index in [0.717, 1.165) is 28.2 Å². The van der Waals surface area contributed by atoms with Crippen molar-refractivity contribution in [1.82, 2.24) is 0 Å². The van der Waals surface area contributed by atoms with E-state index in [9.17, 15) is 9.59 Å². The lowest BCUT2D eigenvalue weighted by atomic mass is 10.1. The van der Waals surface area contributed by atoms with Crippen molar-refractivity contribution in [3.8, 4) is 10.4 Å². The highest BCUT2D eigenvalue weighted by Crippen LogP contribution is 2.36. The van der Waals surface area contributed by atoms with Crippen molar-refractivity contribution in [2.45, 2.75) is 19.3 Å². The summed E-state index contributed by atoms with van der Waals surface area (Å²) in [6, 6.07) is 15.2. The molecule has 0 atom stereocenters. The maximum Gasteiger partial charge on any atom is 0.255 e. The quantitative estimate of drug-likeness (QED) is 0.614. The van der Waals surface area contributed by atoms with Gasteiger partial charge in [-0.25, -0.2) is 0 Å². The number of nitrogen functional groups attached to an aromatic ring is 1. The summed E-state index contributed by atoms with van der Waals surface area (Å²) in [5.74, 6) is 0.528. The van der Waals surface area contributed by atoms with Gasteiger partial charge in [0.15, 0.2) is 0 Å². The van der Waals surface area contributed by atoms with Crippen LogP contribution in [0.25, 0.3) is 10.4 Å². The van der Waals surface area contributed by atoms with Crippen molar-refractivity contribution >= 4 is 40.2 Å². The number of anilines is 3. The van der Waals surface area contributed by atoms with E-state index < -0.39 is 0 Å². The summed E-state index contributed by atoms with van der Waals surface area (Å²) in [6.07, 6.45) is 2.76. The Balaban J connectivity index is 1.37. The van der Waals surface area contributed by atoms with Gasteiger partial charge >= 0.3 is 0 Å². The number of amides is 2. The summed E-state index contributed by atoms with van der Waals surface area (Å²) >= 11 is 1.64. The standard InChI is InChI=1S/C23H21N3O2S/c24-18-7-5-15(21-2-1-9-29-21)11-19(18)25-23(28)16-6-8-20-17(10-16)12-22(27)26(20)13-14-3-4-14/h1-2,5-11,14H,3-4,12-13,24H2,(H,25,28). The molecule has 1 fully saturated rings. The Morgan fingerprint density at radius 2 is 2.03 bits per heavy atom. The molecule has 2 heterocycles. The number of carbonyl (C=O) groups is 2.